The van der Waals surface area contributed by atoms with Gasteiger partial charge in [0.1, 0.15) is 11.0 Å². The minimum absolute atomic E-state index is 0.0265. The predicted molar refractivity (Wildman–Crippen MR) is 85.5 cm³/mol. The van der Waals surface area contributed by atoms with Gasteiger partial charge in [0.05, 0.1) is 19.7 Å². The van der Waals surface area contributed by atoms with Crippen LogP contribution in [0.15, 0.2) is 24.3 Å². The lowest BCUT2D eigenvalue weighted by Crippen LogP contribution is -2.65. The first-order valence-electron chi connectivity index (χ1n) is 7.58. The van der Waals surface area contributed by atoms with Crippen molar-refractivity contribution >= 4 is 23.7 Å². The number of rotatable bonds is 3. The van der Waals surface area contributed by atoms with Crippen molar-refractivity contribution in [1.82, 2.24) is 20.7 Å². The molecule has 3 atom stereocenters. The summed E-state index contributed by atoms with van der Waals surface area (Å²) in [7, 11) is 1.62. The Morgan fingerprint density at radius 2 is 2.17 bits per heavy atom. The van der Waals surface area contributed by atoms with Crippen LogP contribution in [0.5, 0.6) is 5.75 Å². The van der Waals surface area contributed by atoms with Crippen LogP contribution in [-0.4, -0.2) is 52.2 Å². The van der Waals surface area contributed by atoms with E-state index in [4.69, 9.17) is 4.74 Å². The molecular formula is C15H18N4O3S. The summed E-state index contributed by atoms with van der Waals surface area (Å²) in [5.74, 6) is 1.72. The molecule has 8 heteroatoms. The Balaban J connectivity index is 1.67. The number of methoxy groups -OCH3 is 1. The average molecular weight is 334 g/mol. The Kier molecular flexibility index (Phi) is 3.57. The summed E-state index contributed by atoms with van der Waals surface area (Å²) in [6, 6.07) is 7.44. The van der Waals surface area contributed by atoms with Gasteiger partial charge in [-0.3, -0.25) is 15.1 Å². The van der Waals surface area contributed by atoms with Crippen molar-refractivity contribution in [3.8, 4) is 5.75 Å². The van der Waals surface area contributed by atoms with E-state index in [-0.39, 0.29) is 23.2 Å². The van der Waals surface area contributed by atoms with Crippen molar-refractivity contribution in [3.63, 3.8) is 0 Å². The molecule has 3 amide bonds. The summed E-state index contributed by atoms with van der Waals surface area (Å²) >= 11 is 1.64. The standard InChI is InChI=1S/C15H18N4O3S/c1-22-11-5-3-2-4-9(11)8-18-13(20)12-10(6-7-23-12)19-14(18)16-17-15(19)21/h2-5,10,12,14,16H,6-8H2,1H3,(H,17,21). The highest BCUT2D eigenvalue weighted by atomic mass is 32.2. The van der Waals surface area contributed by atoms with Gasteiger partial charge in [0.25, 0.3) is 0 Å². The van der Waals surface area contributed by atoms with Crippen LogP contribution in [0.3, 0.4) is 0 Å². The van der Waals surface area contributed by atoms with Gasteiger partial charge in [-0.25, -0.2) is 4.79 Å². The van der Waals surface area contributed by atoms with Crippen LogP contribution in [0.25, 0.3) is 0 Å². The van der Waals surface area contributed by atoms with E-state index in [1.54, 1.807) is 28.7 Å². The van der Waals surface area contributed by atoms with Crippen molar-refractivity contribution in [1.29, 1.82) is 0 Å². The van der Waals surface area contributed by atoms with Crippen molar-refractivity contribution in [3.05, 3.63) is 29.8 Å². The minimum atomic E-state index is -0.445. The van der Waals surface area contributed by atoms with Gasteiger partial charge in [0, 0.05) is 5.56 Å². The van der Waals surface area contributed by atoms with Crippen LogP contribution >= 0.6 is 11.8 Å². The lowest BCUT2D eigenvalue weighted by atomic mass is 10.0. The number of para-hydroxylation sites is 1. The zero-order chi connectivity index (χ0) is 16.0. The van der Waals surface area contributed by atoms with E-state index in [0.717, 1.165) is 23.5 Å². The second kappa shape index (κ2) is 5.61. The lowest BCUT2D eigenvalue weighted by Gasteiger charge is -2.44. The highest BCUT2D eigenvalue weighted by Gasteiger charge is 2.53. The van der Waals surface area contributed by atoms with E-state index < -0.39 is 6.29 Å². The van der Waals surface area contributed by atoms with Crippen molar-refractivity contribution in [2.45, 2.75) is 30.5 Å². The molecule has 2 N–H and O–H groups in total. The largest absolute Gasteiger partial charge is 0.496 e. The number of thioether (sulfide) groups is 1. The van der Waals surface area contributed by atoms with Crippen molar-refractivity contribution in [2.75, 3.05) is 12.9 Å². The molecule has 1 aromatic carbocycles. The number of carbonyl (C=O) groups excluding carboxylic acids is 2. The fourth-order valence-corrected chi connectivity index (χ4v) is 4.89. The van der Waals surface area contributed by atoms with Crippen LogP contribution in [0.4, 0.5) is 4.79 Å². The second-order valence-electron chi connectivity index (χ2n) is 5.78. The summed E-state index contributed by atoms with van der Waals surface area (Å²) < 4.78 is 5.38. The number of hydrogen-bond acceptors (Lipinski definition) is 5. The van der Waals surface area contributed by atoms with Crippen LogP contribution in [0, 0.1) is 0 Å². The van der Waals surface area contributed by atoms with Gasteiger partial charge >= 0.3 is 6.03 Å². The molecule has 0 saturated carbocycles. The Bertz CT molecular complexity index is 655. The molecule has 3 heterocycles. The van der Waals surface area contributed by atoms with Gasteiger partial charge in [-0.2, -0.15) is 5.43 Å². The molecule has 4 rings (SSSR count). The van der Waals surface area contributed by atoms with Gasteiger partial charge in [0.2, 0.25) is 5.91 Å². The number of benzene rings is 1. The number of fused-ring (bicyclic) bond motifs is 3. The molecule has 0 bridgehead atoms. The topological polar surface area (TPSA) is 73.9 Å². The predicted octanol–water partition coefficient (Wildman–Crippen LogP) is 0.725. The lowest BCUT2D eigenvalue weighted by molar-refractivity contribution is -0.145. The molecule has 122 valence electrons. The van der Waals surface area contributed by atoms with Crippen molar-refractivity contribution < 1.29 is 14.3 Å². The van der Waals surface area contributed by atoms with E-state index >= 15 is 0 Å². The number of urea groups is 1. The Morgan fingerprint density at radius 1 is 1.35 bits per heavy atom. The maximum Gasteiger partial charge on any atom is 0.334 e. The van der Waals surface area contributed by atoms with Gasteiger partial charge in [-0.15, -0.1) is 11.8 Å². The van der Waals surface area contributed by atoms with Crippen molar-refractivity contribution in [2.24, 2.45) is 0 Å². The first kappa shape index (κ1) is 14.6. The molecule has 0 radical (unpaired) electrons. The van der Waals surface area contributed by atoms with E-state index in [1.807, 2.05) is 24.3 Å². The smallest absolute Gasteiger partial charge is 0.334 e. The third-order valence-corrected chi connectivity index (χ3v) is 5.93. The molecule has 3 aliphatic rings. The quantitative estimate of drug-likeness (QED) is 0.852. The van der Waals surface area contributed by atoms with E-state index in [0.29, 0.717) is 6.54 Å². The first-order chi connectivity index (χ1) is 11.2. The molecule has 3 aliphatic heterocycles. The SMILES string of the molecule is COc1ccccc1CN1C(=O)C2SCCC2N2C(=O)NNC12. The molecule has 23 heavy (non-hydrogen) atoms. The van der Waals surface area contributed by atoms with Gasteiger partial charge in [-0.1, -0.05) is 18.2 Å². The average Bonchev–Trinajstić information content (AvgIpc) is 3.18. The second-order valence-corrected chi connectivity index (χ2v) is 7.03. The third kappa shape index (κ3) is 2.24. The molecule has 0 spiro atoms. The molecule has 0 aliphatic carbocycles. The zero-order valence-corrected chi connectivity index (χ0v) is 13.5. The van der Waals surface area contributed by atoms with Crippen LogP contribution in [0.2, 0.25) is 0 Å². The van der Waals surface area contributed by atoms with E-state index in [2.05, 4.69) is 10.9 Å². The Hall–Kier alpha value is -1.93. The van der Waals surface area contributed by atoms with Gasteiger partial charge < -0.3 is 9.64 Å². The molecular weight excluding hydrogens is 316 g/mol. The van der Waals surface area contributed by atoms with Crippen LogP contribution in [0.1, 0.15) is 12.0 Å². The number of nitrogens with zero attached hydrogens (tertiary/aromatic N) is 2. The number of ether oxygens (including phenoxy) is 1. The summed E-state index contributed by atoms with van der Waals surface area (Å²) in [5.41, 5.74) is 6.50. The van der Waals surface area contributed by atoms with Crippen LogP contribution in [-0.2, 0) is 11.3 Å². The zero-order valence-electron chi connectivity index (χ0n) is 12.7. The summed E-state index contributed by atoms with van der Waals surface area (Å²) in [6.45, 7) is 0.399. The van der Waals surface area contributed by atoms with Crippen LogP contribution < -0.4 is 15.6 Å². The maximum atomic E-state index is 12.9. The van der Waals surface area contributed by atoms with Gasteiger partial charge in [-0.05, 0) is 18.2 Å². The first-order valence-corrected chi connectivity index (χ1v) is 8.63. The Morgan fingerprint density at radius 3 is 3.00 bits per heavy atom. The third-order valence-electron chi connectivity index (χ3n) is 4.58. The monoisotopic (exact) mass is 334 g/mol. The molecule has 3 fully saturated rings. The minimum Gasteiger partial charge on any atom is -0.496 e. The number of nitrogens with one attached hydrogen (secondary N) is 2. The van der Waals surface area contributed by atoms with E-state index in [9.17, 15) is 9.59 Å². The molecule has 3 unspecified atom stereocenters. The van der Waals surface area contributed by atoms with Gasteiger partial charge in [0.15, 0.2) is 6.29 Å². The molecule has 3 saturated heterocycles. The summed E-state index contributed by atoms with van der Waals surface area (Å²) in [5, 5.41) is -0.174. The molecule has 7 nitrogen and oxygen atoms in total. The maximum absolute atomic E-state index is 12.9. The highest BCUT2D eigenvalue weighted by molar-refractivity contribution is 8.00. The normalized spacial score (nSPS) is 29.3. The Labute approximate surface area is 138 Å². The number of carbonyl (C=O) groups is 2. The summed E-state index contributed by atoms with van der Waals surface area (Å²) in [4.78, 5) is 28.6. The summed E-state index contributed by atoms with van der Waals surface area (Å²) in [6.07, 6.45) is 0.412. The number of hydrogen-bond donors (Lipinski definition) is 2. The molecule has 0 aromatic heterocycles. The fourth-order valence-electron chi connectivity index (χ4n) is 3.50. The van der Waals surface area contributed by atoms with E-state index in [1.165, 1.54) is 0 Å². The number of amides is 3. The fraction of sp³-hybridized carbons (Fsp3) is 0.467. The molecule has 1 aromatic rings. The highest BCUT2D eigenvalue weighted by Crippen LogP contribution is 2.39. The number of hydrazine groups is 1.